The molecule has 1 N–H and O–H groups in total. The van der Waals surface area contributed by atoms with Crippen LogP contribution in [0, 0.1) is 0 Å². The third-order valence-corrected chi connectivity index (χ3v) is 2.72. The number of rotatable bonds is 5. The Morgan fingerprint density at radius 3 is 2.57 bits per heavy atom. The van der Waals surface area contributed by atoms with E-state index in [1.807, 2.05) is 0 Å². The molecule has 1 aliphatic heterocycles. The van der Waals surface area contributed by atoms with Crippen molar-refractivity contribution in [1.82, 2.24) is 10.2 Å². The van der Waals surface area contributed by atoms with Crippen LogP contribution in [0.5, 0.6) is 0 Å². The first-order chi connectivity index (χ1) is 6.79. The molecule has 0 aliphatic carbocycles. The van der Waals surface area contributed by atoms with Gasteiger partial charge in [-0.25, -0.2) is 0 Å². The van der Waals surface area contributed by atoms with Gasteiger partial charge in [-0.1, -0.05) is 6.42 Å². The van der Waals surface area contributed by atoms with E-state index in [0.717, 1.165) is 13.0 Å². The summed E-state index contributed by atoms with van der Waals surface area (Å²) in [6, 6.07) is 0. The summed E-state index contributed by atoms with van der Waals surface area (Å²) in [6.45, 7) is 6.17. The smallest absolute Gasteiger partial charge is 0.216 e. The first kappa shape index (κ1) is 11.5. The van der Waals surface area contributed by atoms with Crippen molar-refractivity contribution in [3.63, 3.8) is 0 Å². The quantitative estimate of drug-likeness (QED) is 0.677. The number of likely N-dealkylation sites (tertiary alicyclic amines) is 1. The van der Waals surface area contributed by atoms with Crippen molar-refractivity contribution in [2.45, 2.75) is 39.0 Å². The third-order valence-electron chi connectivity index (χ3n) is 2.72. The van der Waals surface area contributed by atoms with Crippen LogP contribution >= 0.6 is 0 Å². The summed E-state index contributed by atoms with van der Waals surface area (Å²) in [4.78, 5) is 13.1. The highest BCUT2D eigenvalue weighted by Gasteiger charge is 2.08. The summed E-state index contributed by atoms with van der Waals surface area (Å²) < 4.78 is 0. The normalized spacial score (nSPS) is 18.1. The van der Waals surface area contributed by atoms with Crippen LogP contribution in [0.25, 0.3) is 0 Å². The van der Waals surface area contributed by atoms with Crippen LogP contribution in [0.15, 0.2) is 0 Å². The fourth-order valence-electron chi connectivity index (χ4n) is 1.91. The molecule has 0 saturated carbocycles. The lowest BCUT2D eigenvalue weighted by atomic mass is 10.1. The van der Waals surface area contributed by atoms with Crippen LogP contribution in [0.4, 0.5) is 0 Å². The lowest BCUT2D eigenvalue weighted by Crippen LogP contribution is -2.31. The summed E-state index contributed by atoms with van der Waals surface area (Å²) in [6.07, 6.45) is 6.45. The summed E-state index contributed by atoms with van der Waals surface area (Å²) in [5.41, 5.74) is 0. The maximum Gasteiger partial charge on any atom is 0.216 e. The Labute approximate surface area is 86.9 Å². The number of carbonyl (C=O) groups excluding carboxylic acids is 1. The van der Waals surface area contributed by atoms with Crippen molar-refractivity contribution in [3.05, 3.63) is 0 Å². The van der Waals surface area contributed by atoms with Gasteiger partial charge in [0.05, 0.1) is 0 Å². The molecular weight excluding hydrogens is 176 g/mol. The second-order valence-electron chi connectivity index (χ2n) is 4.09. The molecule has 0 bridgehead atoms. The van der Waals surface area contributed by atoms with Crippen LogP contribution in [-0.4, -0.2) is 37.0 Å². The van der Waals surface area contributed by atoms with Crippen LogP contribution in [0.1, 0.15) is 39.0 Å². The van der Waals surface area contributed by atoms with Gasteiger partial charge in [-0.2, -0.15) is 0 Å². The first-order valence-electron chi connectivity index (χ1n) is 5.76. The number of unbranched alkanes of at least 4 members (excludes halogenated alkanes) is 1. The number of nitrogens with one attached hydrogen (secondary N) is 1. The monoisotopic (exact) mass is 198 g/mol. The van der Waals surface area contributed by atoms with Crippen molar-refractivity contribution < 1.29 is 4.79 Å². The summed E-state index contributed by atoms with van der Waals surface area (Å²) >= 11 is 0. The van der Waals surface area contributed by atoms with Crippen molar-refractivity contribution in [1.29, 1.82) is 0 Å². The Hall–Kier alpha value is -0.570. The van der Waals surface area contributed by atoms with E-state index in [9.17, 15) is 4.79 Å². The van der Waals surface area contributed by atoms with Crippen LogP contribution in [-0.2, 0) is 4.79 Å². The number of amides is 1. The molecule has 0 aromatic heterocycles. The standard InChI is InChI=1S/C11H22N2O/c1-11(14)12-7-3-6-10-13-8-4-2-5-9-13/h2-10H2,1H3,(H,12,14). The number of hydrogen-bond donors (Lipinski definition) is 1. The maximum absolute atomic E-state index is 10.6. The molecule has 1 heterocycles. The minimum Gasteiger partial charge on any atom is -0.356 e. The van der Waals surface area contributed by atoms with Gasteiger partial charge in [-0.05, 0) is 45.3 Å². The van der Waals surface area contributed by atoms with Gasteiger partial charge in [0, 0.05) is 13.5 Å². The highest BCUT2D eigenvalue weighted by molar-refractivity contribution is 5.72. The number of piperidine rings is 1. The minimum atomic E-state index is 0.0861. The molecule has 0 radical (unpaired) electrons. The van der Waals surface area contributed by atoms with E-state index in [1.165, 1.54) is 45.3 Å². The van der Waals surface area contributed by atoms with Crippen molar-refractivity contribution in [3.8, 4) is 0 Å². The van der Waals surface area contributed by atoms with Gasteiger partial charge < -0.3 is 10.2 Å². The van der Waals surface area contributed by atoms with Gasteiger partial charge in [0.25, 0.3) is 0 Å². The van der Waals surface area contributed by atoms with Crippen molar-refractivity contribution in [2.75, 3.05) is 26.2 Å². The summed E-state index contributed by atoms with van der Waals surface area (Å²) in [5, 5.41) is 2.83. The average Bonchev–Trinajstić information content (AvgIpc) is 2.18. The number of nitrogens with zero attached hydrogens (tertiary/aromatic N) is 1. The van der Waals surface area contributed by atoms with E-state index in [2.05, 4.69) is 10.2 Å². The Morgan fingerprint density at radius 2 is 1.93 bits per heavy atom. The van der Waals surface area contributed by atoms with E-state index in [-0.39, 0.29) is 5.91 Å². The SMILES string of the molecule is CC(=O)NCCCCN1CCCCC1. The molecule has 1 amide bonds. The fourth-order valence-corrected chi connectivity index (χ4v) is 1.91. The molecule has 0 aromatic carbocycles. The van der Waals surface area contributed by atoms with Crippen LogP contribution < -0.4 is 5.32 Å². The van der Waals surface area contributed by atoms with Crippen molar-refractivity contribution >= 4 is 5.91 Å². The topological polar surface area (TPSA) is 32.3 Å². The Kier molecular flexibility index (Phi) is 5.60. The Balaban J connectivity index is 1.90. The molecule has 0 spiro atoms. The van der Waals surface area contributed by atoms with E-state index in [4.69, 9.17) is 0 Å². The van der Waals surface area contributed by atoms with Crippen molar-refractivity contribution in [2.24, 2.45) is 0 Å². The lowest BCUT2D eigenvalue weighted by Gasteiger charge is -2.26. The molecule has 1 fully saturated rings. The molecule has 0 unspecified atom stereocenters. The molecular formula is C11H22N2O. The molecule has 0 atom stereocenters. The highest BCUT2D eigenvalue weighted by Crippen LogP contribution is 2.08. The second kappa shape index (κ2) is 6.82. The Bertz CT molecular complexity index is 165. The second-order valence-corrected chi connectivity index (χ2v) is 4.09. The van der Waals surface area contributed by atoms with Crippen LogP contribution in [0.2, 0.25) is 0 Å². The maximum atomic E-state index is 10.6. The van der Waals surface area contributed by atoms with E-state index < -0.39 is 0 Å². The zero-order valence-corrected chi connectivity index (χ0v) is 9.22. The fraction of sp³-hybridized carbons (Fsp3) is 0.909. The molecule has 1 rings (SSSR count). The third kappa shape index (κ3) is 5.22. The first-order valence-corrected chi connectivity index (χ1v) is 5.76. The minimum absolute atomic E-state index is 0.0861. The molecule has 0 aromatic rings. The summed E-state index contributed by atoms with van der Waals surface area (Å²) in [7, 11) is 0. The Morgan fingerprint density at radius 1 is 1.21 bits per heavy atom. The van der Waals surface area contributed by atoms with Gasteiger partial charge in [-0.3, -0.25) is 4.79 Å². The lowest BCUT2D eigenvalue weighted by molar-refractivity contribution is -0.118. The number of carbonyl (C=O) groups is 1. The highest BCUT2D eigenvalue weighted by atomic mass is 16.1. The van der Waals surface area contributed by atoms with Crippen LogP contribution in [0.3, 0.4) is 0 Å². The molecule has 14 heavy (non-hydrogen) atoms. The van der Waals surface area contributed by atoms with E-state index >= 15 is 0 Å². The van der Waals surface area contributed by atoms with Gasteiger partial charge in [0.15, 0.2) is 0 Å². The molecule has 3 nitrogen and oxygen atoms in total. The average molecular weight is 198 g/mol. The zero-order valence-electron chi connectivity index (χ0n) is 9.22. The summed E-state index contributed by atoms with van der Waals surface area (Å²) in [5.74, 6) is 0.0861. The predicted molar refractivity (Wildman–Crippen MR) is 58.2 cm³/mol. The predicted octanol–water partition coefficient (Wildman–Crippen LogP) is 1.39. The van der Waals surface area contributed by atoms with Gasteiger partial charge in [0.1, 0.15) is 0 Å². The van der Waals surface area contributed by atoms with E-state index in [0.29, 0.717) is 0 Å². The molecule has 1 aliphatic rings. The van der Waals surface area contributed by atoms with E-state index in [1.54, 1.807) is 6.92 Å². The molecule has 1 saturated heterocycles. The number of hydrogen-bond acceptors (Lipinski definition) is 2. The van der Waals surface area contributed by atoms with Gasteiger partial charge in [0.2, 0.25) is 5.91 Å². The molecule has 82 valence electrons. The largest absolute Gasteiger partial charge is 0.356 e. The molecule has 3 heteroatoms. The van der Waals surface area contributed by atoms with Gasteiger partial charge in [-0.15, -0.1) is 0 Å². The van der Waals surface area contributed by atoms with Gasteiger partial charge >= 0.3 is 0 Å². The zero-order chi connectivity index (χ0) is 10.2.